The van der Waals surface area contributed by atoms with Crippen LogP contribution >= 0.6 is 11.8 Å². The van der Waals surface area contributed by atoms with E-state index in [1.807, 2.05) is 32.5 Å². The molecule has 0 aromatic carbocycles. The summed E-state index contributed by atoms with van der Waals surface area (Å²) in [6, 6.07) is 0. The Morgan fingerprint density at radius 1 is 1.44 bits per heavy atom. The summed E-state index contributed by atoms with van der Waals surface area (Å²) in [6.07, 6.45) is -0.468. The van der Waals surface area contributed by atoms with Crippen LogP contribution in [0, 0.1) is 5.92 Å². The van der Waals surface area contributed by atoms with Crippen molar-refractivity contribution in [1.82, 2.24) is 4.90 Å². The predicted octanol–water partition coefficient (Wildman–Crippen LogP) is 2.25. The minimum absolute atomic E-state index is 0.353. The molecular weight excluding hydrogens is 224 g/mol. The Morgan fingerprint density at radius 2 is 2.06 bits per heavy atom. The van der Waals surface area contributed by atoms with E-state index in [0.29, 0.717) is 12.5 Å². The summed E-state index contributed by atoms with van der Waals surface area (Å²) in [6.45, 7) is 8.25. The molecule has 0 atom stereocenters. The van der Waals surface area contributed by atoms with Gasteiger partial charge in [-0.1, -0.05) is 13.8 Å². The summed E-state index contributed by atoms with van der Waals surface area (Å²) in [5.41, 5.74) is 0. The van der Waals surface area contributed by atoms with E-state index >= 15 is 0 Å². The first-order valence-corrected chi connectivity index (χ1v) is 6.80. The van der Waals surface area contributed by atoms with E-state index < -0.39 is 6.09 Å². The molecule has 4 nitrogen and oxygen atoms in total. The number of amides is 1. The van der Waals surface area contributed by atoms with E-state index in [1.165, 1.54) is 0 Å². The third kappa shape index (κ3) is 4.88. The Bertz CT molecular complexity index is 261. The highest BCUT2D eigenvalue weighted by Gasteiger charge is 2.13. The van der Waals surface area contributed by atoms with E-state index in [-0.39, 0.29) is 0 Å². The molecule has 92 valence electrons. The average molecular weight is 244 g/mol. The topological polar surface area (TPSA) is 41.9 Å². The molecule has 0 spiro atoms. The monoisotopic (exact) mass is 244 g/mol. The van der Waals surface area contributed by atoms with Gasteiger partial charge in [-0.3, -0.25) is 0 Å². The highest BCUT2D eigenvalue weighted by molar-refractivity contribution is 7.99. The molecule has 1 fully saturated rings. The van der Waals surface area contributed by atoms with Crippen LogP contribution in [-0.2, 0) is 4.74 Å². The molecule has 0 N–H and O–H groups in total. The second-order valence-corrected chi connectivity index (χ2v) is 5.45. The molecule has 5 heteroatoms. The first-order chi connectivity index (χ1) is 7.59. The van der Waals surface area contributed by atoms with Gasteiger partial charge in [-0.2, -0.15) is 16.8 Å². The van der Waals surface area contributed by atoms with Crippen LogP contribution in [0.2, 0.25) is 0 Å². The Labute approximate surface area is 101 Å². The highest BCUT2D eigenvalue weighted by Crippen LogP contribution is 2.09. The maximum Gasteiger partial charge on any atom is 0.435 e. The van der Waals surface area contributed by atoms with Crippen molar-refractivity contribution in [3.8, 4) is 0 Å². The number of carbonyl (C=O) groups is 1. The van der Waals surface area contributed by atoms with Gasteiger partial charge in [0.15, 0.2) is 0 Å². The van der Waals surface area contributed by atoms with Gasteiger partial charge in [0.05, 0.1) is 6.61 Å². The fourth-order valence-corrected chi connectivity index (χ4v) is 2.26. The first kappa shape index (κ1) is 13.4. The smallest absolute Gasteiger partial charge is 0.435 e. The summed E-state index contributed by atoms with van der Waals surface area (Å²) in [5, 5.41) is 0. The molecule has 1 saturated heterocycles. The second kappa shape index (κ2) is 6.78. The van der Waals surface area contributed by atoms with Gasteiger partial charge in [-0.15, -0.1) is 0 Å². The molecule has 0 saturated carbocycles. The van der Waals surface area contributed by atoms with Crippen molar-refractivity contribution < 1.29 is 9.53 Å². The zero-order valence-corrected chi connectivity index (χ0v) is 11.0. The Hall–Kier alpha value is -0.710. The van der Waals surface area contributed by atoms with Crippen molar-refractivity contribution in [2.75, 3.05) is 31.2 Å². The molecule has 0 radical (unpaired) electrons. The average Bonchev–Trinajstić information content (AvgIpc) is 2.27. The van der Waals surface area contributed by atoms with Gasteiger partial charge in [-0.05, 0) is 12.8 Å². The van der Waals surface area contributed by atoms with E-state index in [9.17, 15) is 4.79 Å². The maximum atomic E-state index is 11.4. The quantitative estimate of drug-likeness (QED) is 0.552. The third-order valence-electron chi connectivity index (χ3n) is 2.26. The molecule has 1 amide bonds. The van der Waals surface area contributed by atoms with Crippen molar-refractivity contribution in [3.05, 3.63) is 0 Å². The number of rotatable bonds is 2. The van der Waals surface area contributed by atoms with E-state index in [4.69, 9.17) is 4.74 Å². The molecule has 1 heterocycles. The van der Waals surface area contributed by atoms with Crippen molar-refractivity contribution in [2.45, 2.75) is 20.8 Å². The normalized spacial score (nSPS) is 17.8. The Morgan fingerprint density at radius 3 is 2.62 bits per heavy atom. The molecule has 1 aliphatic rings. The molecule has 0 aromatic rings. The summed E-state index contributed by atoms with van der Waals surface area (Å²) < 4.78 is 5.01. The number of ether oxygens (including phenoxy) is 1. The van der Waals surface area contributed by atoms with Gasteiger partial charge in [-0.25, -0.2) is 4.79 Å². The van der Waals surface area contributed by atoms with Crippen LogP contribution in [-0.4, -0.2) is 48.0 Å². The summed E-state index contributed by atoms with van der Waals surface area (Å²) >= 11 is 1.94. The molecule has 1 rings (SSSR count). The fourth-order valence-electron chi connectivity index (χ4n) is 1.36. The van der Waals surface area contributed by atoms with E-state index in [1.54, 1.807) is 0 Å². The lowest BCUT2D eigenvalue weighted by atomic mass is 10.2. The van der Waals surface area contributed by atoms with Gasteiger partial charge in [0.2, 0.25) is 0 Å². The maximum absolute atomic E-state index is 11.4. The highest BCUT2D eigenvalue weighted by atomic mass is 32.2. The van der Waals surface area contributed by atoms with Gasteiger partial charge in [0.25, 0.3) is 0 Å². The molecular formula is C11H20N2O2S. The molecule has 0 aliphatic carbocycles. The van der Waals surface area contributed by atoms with E-state index in [2.05, 4.69) is 9.89 Å². The van der Waals surface area contributed by atoms with Crippen LogP contribution in [0.1, 0.15) is 20.8 Å². The number of hydrogen-bond donors (Lipinski definition) is 0. The zero-order chi connectivity index (χ0) is 12.0. The van der Waals surface area contributed by atoms with Gasteiger partial charge in [0.1, 0.15) is 5.84 Å². The number of hydrogen-bond acceptors (Lipinski definition) is 3. The van der Waals surface area contributed by atoms with E-state index in [0.717, 1.165) is 30.4 Å². The lowest BCUT2D eigenvalue weighted by Gasteiger charge is -2.27. The van der Waals surface area contributed by atoms with Crippen LogP contribution in [0.5, 0.6) is 0 Å². The molecule has 1 aliphatic heterocycles. The number of amidine groups is 1. The van der Waals surface area contributed by atoms with Crippen LogP contribution in [0.4, 0.5) is 4.79 Å². The fraction of sp³-hybridized carbons (Fsp3) is 0.818. The lowest BCUT2D eigenvalue weighted by molar-refractivity contribution is 0.143. The van der Waals surface area contributed by atoms with Crippen LogP contribution < -0.4 is 0 Å². The molecule has 0 aromatic heterocycles. The SMILES string of the molecule is C/C(=N/C(=O)OCC(C)C)N1CCSCC1. The van der Waals surface area contributed by atoms with Crippen LogP contribution in [0.25, 0.3) is 0 Å². The van der Waals surface area contributed by atoms with Gasteiger partial charge < -0.3 is 9.64 Å². The van der Waals surface area contributed by atoms with Crippen molar-refractivity contribution >= 4 is 23.7 Å². The van der Waals surface area contributed by atoms with Gasteiger partial charge in [0, 0.05) is 24.6 Å². The number of thioether (sulfide) groups is 1. The summed E-state index contributed by atoms with van der Waals surface area (Å²) in [4.78, 5) is 17.4. The predicted molar refractivity (Wildman–Crippen MR) is 68.2 cm³/mol. The molecule has 0 bridgehead atoms. The largest absolute Gasteiger partial charge is 0.448 e. The lowest BCUT2D eigenvalue weighted by Crippen LogP contribution is -2.36. The Kier molecular flexibility index (Phi) is 5.66. The number of aliphatic imine (C=N–C) groups is 1. The second-order valence-electron chi connectivity index (χ2n) is 4.23. The summed E-state index contributed by atoms with van der Waals surface area (Å²) in [7, 11) is 0. The zero-order valence-electron chi connectivity index (χ0n) is 10.2. The van der Waals surface area contributed by atoms with Crippen molar-refractivity contribution in [2.24, 2.45) is 10.9 Å². The Balaban J connectivity index is 2.38. The molecule has 0 unspecified atom stereocenters. The molecule has 16 heavy (non-hydrogen) atoms. The van der Waals surface area contributed by atoms with Crippen molar-refractivity contribution in [3.63, 3.8) is 0 Å². The third-order valence-corrected chi connectivity index (χ3v) is 3.20. The van der Waals surface area contributed by atoms with Crippen LogP contribution in [0.15, 0.2) is 4.99 Å². The van der Waals surface area contributed by atoms with Gasteiger partial charge >= 0.3 is 6.09 Å². The standard InChI is InChI=1S/C11H20N2O2S/c1-9(2)8-15-11(14)12-10(3)13-4-6-16-7-5-13/h9H,4-8H2,1-3H3/b12-10-. The summed E-state index contributed by atoms with van der Waals surface area (Å²) in [5.74, 6) is 3.34. The number of nitrogens with zero attached hydrogens (tertiary/aromatic N) is 2. The minimum Gasteiger partial charge on any atom is -0.448 e. The number of carbonyl (C=O) groups excluding carboxylic acids is 1. The van der Waals surface area contributed by atoms with Crippen molar-refractivity contribution in [1.29, 1.82) is 0 Å². The van der Waals surface area contributed by atoms with Crippen LogP contribution in [0.3, 0.4) is 0 Å². The first-order valence-electron chi connectivity index (χ1n) is 5.64. The minimum atomic E-state index is -0.468.